The van der Waals surface area contributed by atoms with Crippen molar-refractivity contribution in [1.29, 1.82) is 0 Å². The molecule has 2 amide bonds. The molecule has 3 aromatic rings. The van der Waals surface area contributed by atoms with Crippen LogP contribution in [0.25, 0.3) is 0 Å². The number of rotatable bonds is 11. The highest BCUT2D eigenvalue weighted by Crippen LogP contribution is 2.39. The molecule has 4 N–H and O–H groups in total. The predicted octanol–water partition coefficient (Wildman–Crippen LogP) is 3.74. The van der Waals surface area contributed by atoms with Gasteiger partial charge in [0.05, 0.1) is 46.8 Å². The van der Waals surface area contributed by atoms with Gasteiger partial charge in [0, 0.05) is 17.3 Å². The van der Waals surface area contributed by atoms with Crippen LogP contribution in [0.5, 0.6) is 28.7 Å². The Bertz CT molecular complexity index is 1230. The number of hydrogen-bond acceptors (Lipinski definition) is 8. The van der Waals surface area contributed by atoms with Gasteiger partial charge in [0.25, 0.3) is 11.8 Å². The second-order valence-electron chi connectivity index (χ2n) is 7.81. The SMILES string of the molecule is COc1cc(NC(=O)c2cc(OC)c(OC)c(OC)c2)c(C(=O)Nc2ccc(CCN)cc2)cc1OC. The number of anilines is 2. The minimum absolute atomic E-state index is 0.171. The van der Waals surface area contributed by atoms with E-state index in [1.807, 2.05) is 12.1 Å². The lowest BCUT2D eigenvalue weighted by Crippen LogP contribution is -2.19. The maximum Gasteiger partial charge on any atom is 0.257 e. The van der Waals surface area contributed by atoms with Crippen LogP contribution in [0.15, 0.2) is 48.5 Å². The molecule has 0 aromatic heterocycles. The summed E-state index contributed by atoms with van der Waals surface area (Å²) in [6.07, 6.45) is 0.737. The predicted molar refractivity (Wildman–Crippen MR) is 141 cm³/mol. The highest BCUT2D eigenvalue weighted by molar-refractivity contribution is 6.13. The van der Waals surface area contributed by atoms with E-state index in [0.717, 1.165) is 12.0 Å². The fourth-order valence-electron chi connectivity index (χ4n) is 3.70. The first-order valence-electron chi connectivity index (χ1n) is 11.4. The second-order valence-corrected chi connectivity index (χ2v) is 7.81. The Balaban J connectivity index is 1.97. The van der Waals surface area contributed by atoms with Crippen LogP contribution in [0.3, 0.4) is 0 Å². The van der Waals surface area contributed by atoms with Gasteiger partial charge in [0.1, 0.15) is 0 Å². The van der Waals surface area contributed by atoms with Gasteiger partial charge in [-0.3, -0.25) is 9.59 Å². The summed E-state index contributed by atoms with van der Waals surface area (Å²) in [7, 11) is 7.31. The second kappa shape index (κ2) is 12.5. The van der Waals surface area contributed by atoms with Gasteiger partial charge >= 0.3 is 0 Å². The van der Waals surface area contributed by atoms with Gasteiger partial charge in [-0.15, -0.1) is 0 Å². The molecule has 0 saturated heterocycles. The van der Waals surface area contributed by atoms with Gasteiger partial charge in [-0.2, -0.15) is 0 Å². The Hall–Kier alpha value is -4.44. The van der Waals surface area contributed by atoms with E-state index in [1.54, 1.807) is 12.1 Å². The molecule has 37 heavy (non-hydrogen) atoms. The molecule has 3 rings (SSSR count). The van der Waals surface area contributed by atoms with E-state index in [9.17, 15) is 9.59 Å². The molecule has 0 unspecified atom stereocenters. The minimum Gasteiger partial charge on any atom is -0.493 e. The highest BCUT2D eigenvalue weighted by atomic mass is 16.5. The van der Waals surface area contributed by atoms with Crippen LogP contribution >= 0.6 is 0 Å². The maximum absolute atomic E-state index is 13.3. The van der Waals surface area contributed by atoms with Crippen molar-refractivity contribution in [3.63, 3.8) is 0 Å². The van der Waals surface area contributed by atoms with Gasteiger partial charge in [-0.25, -0.2) is 0 Å². The summed E-state index contributed by atoms with van der Waals surface area (Å²) in [5.41, 5.74) is 7.87. The standard InChI is InChI=1S/C27H31N3O7/c1-33-21-14-19(27(32)29-18-8-6-16(7-9-18)10-11-28)20(15-22(21)34-2)30-26(31)17-12-23(35-3)25(37-5)24(13-17)36-4/h6-9,12-15H,10-11,28H2,1-5H3,(H,29,32)(H,30,31). The molecule has 0 spiro atoms. The molecule has 10 nitrogen and oxygen atoms in total. The summed E-state index contributed by atoms with van der Waals surface area (Å²) in [5, 5.41) is 5.63. The molecular weight excluding hydrogens is 478 g/mol. The third-order valence-electron chi connectivity index (χ3n) is 5.59. The molecule has 0 aliphatic carbocycles. The van der Waals surface area contributed by atoms with Crippen molar-refractivity contribution in [2.24, 2.45) is 5.73 Å². The lowest BCUT2D eigenvalue weighted by molar-refractivity contribution is 0.102. The largest absolute Gasteiger partial charge is 0.493 e. The number of amides is 2. The summed E-state index contributed by atoms with van der Waals surface area (Å²) in [4.78, 5) is 26.5. The van der Waals surface area contributed by atoms with Crippen LogP contribution in [0.4, 0.5) is 11.4 Å². The van der Waals surface area contributed by atoms with E-state index in [2.05, 4.69) is 10.6 Å². The first kappa shape index (κ1) is 27.2. The van der Waals surface area contributed by atoms with Crippen molar-refractivity contribution in [3.8, 4) is 28.7 Å². The number of hydrogen-bond donors (Lipinski definition) is 3. The normalized spacial score (nSPS) is 10.3. The number of nitrogens with one attached hydrogen (secondary N) is 2. The summed E-state index contributed by atoms with van der Waals surface area (Å²) >= 11 is 0. The number of nitrogens with two attached hydrogens (primary N) is 1. The Labute approximate surface area is 215 Å². The Kier molecular flexibility index (Phi) is 9.17. The molecule has 0 bridgehead atoms. The fraction of sp³-hybridized carbons (Fsp3) is 0.259. The average Bonchev–Trinajstić information content (AvgIpc) is 2.92. The summed E-state index contributed by atoms with van der Waals surface area (Å²) in [6, 6.07) is 13.4. The molecule has 0 aliphatic heterocycles. The first-order valence-corrected chi connectivity index (χ1v) is 11.4. The van der Waals surface area contributed by atoms with E-state index in [0.29, 0.717) is 41.0 Å². The van der Waals surface area contributed by atoms with Crippen molar-refractivity contribution in [2.45, 2.75) is 6.42 Å². The molecule has 0 radical (unpaired) electrons. The Morgan fingerprint density at radius 1 is 0.703 bits per heavy atom. The summed E-state index contributed by atoms with van der Waals surface area (Å²) in [5.74, 6) is 0.692. The molecule has 0 aliphatic rings. The van der Waals surface area contributed by atoms with Crippen LogP contribution in [0, 0.1) is 0 Å². The van der Waals surface area contributed by atoms with Gasteiger partial charge in [-0.05, 0) is 48.9 Å². The quantitative estimate of drug-likeness (QED) is 0.356. The zero-order valence-corrected chi connectivity index (χ0v) is 21.5. The smallest absolute Gasteiger partial charge is 0.257 e. The monoisotopic (exact) mass is 509 g/mol. The molecule has 0 atom stereocenters. The van der Waals surface area contributed by atoms with Crippen molar-refractivity contribution in [1.82, 2.24) is 0 Å². The van der Waals surface area contributed by atoms with Gasteiger partial charge in [0.15, 0.2) is 23.0 Å². The fourth-order valence-corrected chi connectivity index (χ4v) is 3.70. The third-order valence-corrected chi connectivity index (χ3v) is 5.59. The lowest BCUT2D eigenvalue weighted by atomic mass is 10.1. The van der Waals surface area contributed by atoms with E-state index in [-0.39, 0.29) is 16.8 Å². The molecule has 10 heteroatoms. The molecular formula is C27H31N3O7. The van der Waals surface area contributed by atoms with Crippen LogP contribution in [0.1, 0.15) is 26.3 Å². The average molecular weight is 510 g/mol. The lowest BCUT2D eigenvalue weighted by Gasteiger charge is -2.17. The topological polar surface area (TPSA) is 130 Å². The van der Waals surface area contributed by atoms with Crippen LogP contribution in [0.2, 0.25) is 0 Å². The van der Waals surface area contributed by atoms with Crippen LogP contribution < -0.4 is 40.1 Å². The van der Waals surface area contributed by atoms with E-state index >= 15 is 0 Å². The maximum atomic E-state index is 13.3. The molecule has 0 saturated carbocycles. The number of carbonyl (C=O) groups excluding carboxylic acids is 2. The van der Waals surface area contributed by atoms with Crippen LogP contribution in [-0.4, -0.2) is 53.9 Å². The Morgan fingerprint density at radius 3 is 1.78 bits per heavy atom. The highest BCUT2D eigenvalue weighted by Gasteiger charge is 2.22. The zero-order valence-electron chi connectivity index (χ0n) is 21.5. The Morgan fingerprint density at radius 2 is 1.27 bits per heavy atom. The first-order chi connectivity index (χ1) is 17.9. The summed E-state index contributed by atoms with van der Waals surface area (Å²) in [6.45, 7) is 0.534. The van der Waals surface area contributed by atoms with Crippen molar-refractivity contribution in [3.05, 3.63) is 65.2 Å². The van der Waals surface area contributed by atoms with E-state index in [4.69, 9.17) is 29.4 Å². The molecule has 0 heterocycles. The number of methoxy groups -OCH3 is 5. The van der Waals surface area contributed by atoms with Crippen molar-refractivity contribution >= 4 is 23.2 Å². The molecule has 3 aromatic carbocycles. The zero-order chi connectivity index (χ0) is 26.9. The molecule has 196 valence electrons. The van der Waals surface area contributed by atoms with Crippen LogP contribution in [-0.2, 0) is 6.42 Å². The van der Waals surface area contributed by atoms with Crippen molar-refractivity contribution in [2.75, 3.05) is 52.7 Å². The van der Waals surface area contributed by atoms with Gasteiger partial charge in [0.2, 0.25) is 5.75 Å². The molecule has 0 fully saturated rings. The van der Waals surface area contributed by atoms with Gasteiger partial charge in [-0.1, -0.05) is 12.1 Å². The number of carbonyl (C=O) groups is 2. The minimum atomic E-state index is -0.508. The van der Waals surface area contributed by atoms with Crippen molar-refractivity contribution < 1.29 is 33.3 Å². The number of ether oxygens (including phenoxy) is 5. The summed E-state index contributed by atoms with van der Waals surface area (Å²) < 4.78 is 26.8. The third kappa shape index (κ3) is 6.22. The van der Waals surface area contributed by atoms with E-state index < -0.39 is 11.8 Å². The number of benzene rings is 3. The van der Waals surface area contributed by atoms with Gasteiger partial charge < -0.3 is 40.1 Å². The van der Waals surface area contributed by atoms with E-state index in [1.165, 1.54) is 59.8 Å².